The summed E-state index contributed by atoms with van der Waals surface area (Å²) in [5.41, 5.74) is 1.59. The van der Waals surface area contributed by atoms with Gasteiger partial charge in [0.15, 0.2) is 0 Å². The summed E-state index contributed by atoms with van der Waals surface area (Å²) in [7, 11) is 0. The lowest BCUT2D eigenvalue weighted by Crippen LogP contribution is -2.40. The van der Waals surface area contributed by atoms with Crippen molar-refractivity contribution in [2.75, 3.05) is 25.1 Å². The minimum Gasteiger partial charge on any atom is -0.379 e. The molecule has 0 spiro atoms. The smallest absolute Gasteiger partial charge is 0.251 e. The van der Waals surface area contributed by atoms with Gasteiger partial charge in [-0.15, -0.1) is 0 Å². The van der Waals surface area contributed by atoms with Gasteiger partial charge in [0.1, 0.15) is 5.82 Å². The molecular weight excluding hydrogens is 254 g/mol. The second-order valence-corrected chi connectivity index (χ2v) is 5.00. The molecule has 5 heteroatoms. The van der Waals surface area contributed by atoms with Gasteiger partial charge < -0.3 is 15.4 Å². The fourth-order valence-electron chi connectivity index (χ4n) is 2.29. The van der Waals surface area contributed by atoms with Crippen LogP contribution >= 0.6 is 0 Å². The molecule has 2 rings (SSSR count). The van der Waals surface area contributed by atoms with Crippen molar-refractivity contribution in [3.8, 4) is 0 Å². The van der Waals surface area contributed by atoms with Crippen LogP contribution in [0.3, 0.4) is 0 Å². The van der Waals surface area contributed by atoms with Crippen molar-refractivity contribution >= 4 is 11.7 Å². The van der Waals surface area contributed by atoms with E-state index in [0.717, 1.165) is 43.9 Å². The van der Waals surface area contributed by atoms with Gasteiger partial charge in [0, 0.05) is 24.4 Å². The third-order valence-electron chi connectivity index (χ3n) is 3.36. The van der Waals surface area contributed by atoms with E-state index >= 15 is 0 Å². The van der Waals surface area contributed by atoms with Crippen molar-refractivity contribution in [1.29, 1.82) is 0 Å². The monoisotopic (exact) mass is 277 g/mol. The van der Waals surface area contributed by atoms with Gasteiger partial charge in [0.05, 0.1) is 12.6 Å². The molecule has 0 aliphatic carbocycles. The number of aromatic nitrogens is 1. The Balaban J connectivity index is 2.09. The van der Waals surface area contributed by atoms with Gasteiger partial charge in [0.25, 0.3) is 5.91 Å². The Labute approximate surface area is 120 Å². The Morgan fingerprint density at radius 1 is 1.45 bits per heavy atom. The van der Waals surface area contributed by atoms with Crippen molar-refractivity contribution in [2.45, 2.75) is 39.2 Å². The number of amides is 1. The molecule has 0 saturated carbocycles. The molecule has 5 nitrogen and oxygen atoms in total. The Bertz CT molecular complexity index is 456. The summed E-state index contributed by atoms with van der Waals surface area (Å²) in [6.45, 7) is 6.25. The highest BCUT2D eigenvalue weighted by Crippen LogP contribution is 2.13. The highest BCUT2D eigenvalue weighted by Gasteiger charge is 2.18. The summed E-state index contributed by atoms with van der Waals surface area (Å²) >= 11 is 0. The second kappa shape index (κ2) is 7.24. The predicted molar refractivity (Wildman–Crippen MR) is 79.1 cm³/mol. The zero-order chi connectivity index (χ0) is 14.4. The maximum Gasteiger partial charge on any atom is 0.251 e. The average Bonchev–Trinajstić information content (AvgIpc) is 2.48. The zero-order valence-corrected chi connectivity index (χ0v) is 12.2. The number of carbonyl (C=O) groups is 1. The normalized spacial score (nSPS) is 18.6. The number of ether oxygens (including phenoxy) is 1. The van der Waals surface area contributed by atoms with Crippen LogP contribution in [-0.2, 0) is 11.2 Å². The summed E-state index contributed by atoms with van der Waals surface area (Å²) in [5, 5.41) is 6.20. The molecule has 2 N–H and O–H groups in total. The molecule has 2 heterocycles. The predicted octanol–water partition coefficient (Wildman–Crippen LogP) is 1.98. The molecule has 0 bridgehead atoms. The molecule has 1 amide bonds. The van der Waals surface area contributed by atoms with Crippen LogP contribution in [0, 0.1) is 0 Å². The summed E-state index contributed by atoms with van der Waals surface area (Å²) in [5.74, 6) is 0.716. The van der Waals surface area contributed by atoms with Crippen LogP contribution in [0.15, 0.2) is 12.1 Å². The van der Waals surface area contributed by atoms with Crippen molar-refractivity contribution < 1.29 is 9.53 Å². The molecule has 1 fully saturated rings. The quantitative estimate of drug-likeness (QED) is 0.864. The van der Waals surface area contributed by atoms with Gasteiger partial charge in [-0.05, 0) is 38.3 Å². The fourth-order valence-corrected chi connectivity index (χ4v) is 2.29. The molecule has 1 atom stereocenters. The number of pyridine rings is 1. The van der Waals surface area contributed by atoms with Gasteiger partial charge >= 0.3 is 0 Å². The number of nitrogens with one attached hydrogen (secondary N) is 2. The van der Waals surface area contributed by atoms with E-state index in [9.17, 15) is 4.79 Å². The second-order valence-electron chi connectivity index (χ2n) is 5.00. The molecule has 20 heavy (non-hydrogen) atoms. The Morgan fingerprint density at radius 3 is 2.95 bits per heavy atom. The van der Waals surface area contributed by atoms with Crippen molar-refractivity contribution in [1.82, 2.24) is 10.3 Å². The molecule has 1 saturated heterocycles. The van der Waals surface area contributed by atoms with Crippen molar-refractivity contribution in [2.24, 2.45) is 0 Å². The minimum absolute atomic E-state index is 0.0447. The lowest BCUT2D eigenvalue weighted by Gasteiger charge is -2.23. The van der Waals surface area contributed by atoms with E-state index in [1.54, 1.807) is 0 Å². The van der Waals surface area contributed by atoms with Crippen LogP contribution < -0.4 is 10.6 Å². The standard InChI is InChI=1S/C15H23N3O2/c1-3-12-8-11(9-14(17-12)16-4-2)15(19)18-13-6-5-7-20-10-13/h8-9,13H,3-7,10H2,1-2H3,(H,16,17)(H,18,19). The molecule has 1 unspecified atom stereocenters. The van der Waals surface area contributed by atoms with E-state index < -0.39 is 0 Å². The van der Waals surface area contributed by atoms with E-state index in [2.05, 4.69) is 15.6 Å². The Hall–Kier alpha value is -1.62. The molecule has 0 aromatic carbocycles. The maximum absolute atomic E-state index is 12.3. The molecule has 1 aliphatic rings. The minimum atomic E-state index is -0.0447. The van der Waals surface area contributed by atoms with E-state index in [1.807, 2.05) is 26.0 Å². The molecule has 1 aromatic rings. The number of rotatable bonds is 5. The van der Waals surface area contributed by atoms with Gasteiger partial charge in [0.2, 0.25) is 0 Å². The first-order valence-electron chi connectivity index (χ1n) is 7.36. The van der Waals surface area contributed by atoms with Crippen LogP contribution in [0.2, 0.25) is 0 Å². The van der Waals surface area contributed by atoms with Crippen molar-refractivity contribution in [3.63, 3.8) is 0 Å². The van der Waals surface area contributed by atoms with E-state index in [1.165, 1.54) is 0 Å². The lowest BCUT2D eigenvalue weighted by molar-refractivity contribution is 0.0624. The first kappa shape index (κ1) is 14.8. The fraction of sp³-hybridized carbons (Fsp3) is 0.600. The van der Waals surface area contributed by atoms with Gasteiger partial charge in [-0.2, -0.15) is 0 Å². The van der Waals surface area contributed by atoms with Crippen LogP contribution in [0.25, 0.3) is 0 Å². The van der Waals surface area contributed by atoms with E-state index in [4.69, 9.17) is 4.74 Å². The lowest BCUT2D eigenvalue weighted by atomic mass is 10.1. The number of aryl methyl sites for hydroxylation is 1. The summed E-state index contributed by atoms with van der Waals surface area (Å²) in [4.78, 5) is 16.8. The van der Waals surface area contributed by atoms with Crippen LogP contribution in [0.1, 0.15) is 42.7 Å². The Kier molecular flexibility index (Phi) is 5.35. The first-order valence-corrected chi connectivity index (χ1v) is 7.36. The van der Waals surface area contributed by atoms with E-state index in [-0.39, 0.29) is 11.9 Å². The van der Waals surface area contributed by atoms with Gasteiger partial charge in [-0.1, -0.05) is 6.92 Å². The third-order valence-corrected chi connectivity index (χ3v) is 3.36. The van der Waals surface area contributed by atoms with Gasteiger partial charge in [-0.25, -0.2) is 4.98 Å². The van der Waals surface area contributed by atoms with Crippen molar-refractivity contribution in [3.05, 3.63) is 23.4 Å². The first-order chi connectivity index (χ1) is 9.72. The maximum atomic E-state index is 12.3. The number of carbonyl (C=O) groups excluding carboxylic acids is 1. The highest BCUT2D eigenvalue weighted by molar-refractivity contribution is 5.95. The molecule has 0 radical (unpaired) electrons. The molecule has 1 aliphatic heterocycles. The third kappa shape index (κ3) is 3.93. The number of hydrogen-bond acceptors (Lipinski definition) is 4. The number of anilines is 1. The Morgan fingerprint density at radius 2 is 2.30 bits per heavy atom. The number of nitrogens with zero attached hydrogens (tertiary/aromatic N) is 1. The summed E-state index contributed by atoms with van der Waals surface area (Å²) in [6, 6.07) is 3.79. The molecular formula is C15H23N3O2. The largest absolute Gasteiger partial charge is 0.379 e. The van der Waals surface area contributed by atoms with E-state index in [0.29, 0.717) is 12.2 Å². The summed E-state index contributed by atoms with van der Waals surface area (Å²) < 4.78 is 5.39. The molecule has 110 valence electrons. The average molecular weight is 277 g/mol. The molecule has 1 aromatic heterocycles. The summed E-state index contributed by atoms with van der Waals surface area (Å²) in [6.07, 6.45) is 2.80. The topological polar surface area (TPSA) is 63.2 Å². The highest BCUT2D eigenvalue weighted by atomic mass is 16.5. The SMILES string of the molecule is CCNc1cc(C(=O)NC2CCCOC2)cc(CC)n1. The van der Waals surface area contributed by atoms with Crippen LogP contribution in [-0.4, -0.2) is 36.7 Å². The number of hydrogen-bond donors (Lipinski definition) is 2. The van der Waals surface area contributed by atoms with Crippen LogP contribution in [0.4, 0.5) is 5.82 Å². The van der Waals surface area contributed by atoms with Gasteiger partial charge in [-0.3, -0.25) is 4.79 Å². The van der Waals surface area contributed by atoms with Crippen LogP contribution in [0.5, 0.6) is 0 Å². The zero-order valence-electron chi connectivity index (χ0n) is 12.2.